The highest BCUT2D eigenvalue weighted by molar-refractivity contribution is 5.48. The summed E-state index contributed by atoms with van der Waals surface area (Å²) in [5.74, 6) is 1.97. The van der Waals surface area contributed by atoms with Crippen LogP contribution < -0.4 is 10.2 Å². The Labute approximate surface area is 117 Å². The number of hydrogen-bond donors (Lipinski definition) is 1. The van der Waals surface area contributed by atoms with Crippen LogP contribution in [0, 0.1) is 5.92 Å². The van der Waals surface area contributed by atoms with Crippen molar-refractivity contribution in [3.05, 3.63) is 17.7 Å². The van der Waals surface area contributed by atoms with Crippen molar-refractivity contribution in [3.8, 4) is 0 Å². The van der Waals surface area contributed by atoms with Crippen molar-refractivity contribution in [2.24, 2.45) is 5.92 Å². The second kappa shape index (κ2) is 7.43. The summed E-state index contributed by atoms with van der Waals surface area (Å²) >= 11 is 0. The van der Waals surface area contributed by atoms with Gasteiger partial charge in [0.2, 0.25) is 0 Å². The van der Waals surface area contributed by atoms with Crippen molar-refractivity contribution in [3.63, 3.8) is 0 Å². The summed E-state index contributed by atoms with van der Waals surface area (Å²) < 4.78 is 0. The van der Waals surface area contributed by atoms with E-state index in [1.54, 1.807) is 0 Å². The minimum atomic E-state index is 0.365. The molecule has 4 nitrogen and oxygen atoms in total. The van der Waals surface area contributed by atoms with Crippen LogP contribution in [-0.4, -0.2) is 30.6 Å². The molecule has 0 amide bonds. The highest BCUT2D eigenvalue weighted by Gasteiger charge is 2.14. The lowest BCUT2D eigenvalue weighted by atomic mass is 10.1. The Bertz CT molecular complexity index is 390. The van der Waals surface area contributed by atoms with E-state index < -0.39 is 0 Å². The zero-order valence-electron chi connectivity index (χ0n) is 13.2. The predicted molar refractivity (Wildman–Crippen MR) is 81.6 cm³/mol. The van der Waals surface area contributed by atoms with E-state index in [1.807, 2.05) is 13.2 Å². The van der Waals surface area contributed by atoms with Gasteiger partial charge in [0, 0.05) is 26.1 Å². The second-order valence-corrected chi connectivity index (χ2v) is 5.64. The van der Waals surface area contributed by atoms with Crippen LogP contribution in [0.4, 0.5) is 5.69 Å². The number of hydrogen-bond acceptors (Lipinski definition) is 4. The molecule has 0 spiro atoms. The number of nitrogens with one attached hydrogen (secondary N) is 1. The molecule has 1 aromatic heterocycles. The first-order chi connectivity index (χ1) is 8.99. The topological polar surface area (TPSA) is 41.1 Å². The van der Waals surface area contributed by atoms with Crippen LogP contribution in [0.3, 0.4) is 0 Å². The van der Waals surface area contributed by atoms with Gasteiger partial charge in [0.25, 0.3) is 0 Å². The maximum absolute atomic E-state index is 4.70. The summed E-state index contributed by atoms with van der Waals surface area (Å²) in [4.78, 5) is 11.5. The SMILES string of the molecule is CCC(C)CN(C)c1cnc(C(C)C)nc1CNC. The van der Waals surface area contributed by atoms with Gasteiger partial charge in [0.15, 0.2) is 0 Å². The standard InChI is InChI=1S/C15H28N4/c1-7-12(4)10-19(6)14-9-17-15(11(2)3)18-13(14)8-16-5/h9,11-12,16H,7-8,10H2,1-6H3. The zero-order valence-corrected chi connectivity index (χ0v) is 13.2. The molecule has 1 atom stereocenters. The number of anilines is 1. The average molecular weight is 264 g/mol. The Hall–Kier alpha value is -1.16. The third kappa shape index (κ3) is 4.46. The molecule has 1 unspecified atom stereocenters. The number of aromatic nitrogens is 2. The maximum Gasteiger partial charge on any atom is 0.131 e. The van der Waals surface area contributed by atoms with Crippen LogP contribution in [0.2, 0.25) is 0 Å². The fraction of sp³-hybridized carbons (Fsp3) is 0.733. The molecule has 0 aliphatic carbocycles. The summed E-state index contributed by atoms with van der Waals surface area (Å²) in [6.07, 6.45) is 3.16. The largest absolute Gasteiger partial charge is 0.372 e. The van der Waals surface area contributed by atoms with Crippen LogP contribution in [0.25, 0.3) is 0 Å². The molecule has 0 fully saturated rings. The lowest BCUT2D eigenvalue weighted by Gasteiger charge is -2.25. The average Bonchev–Trinajstić information content (AvgIpc) is 2.38. The van der Waals surface area contributed by atoms with E-state index in [4.69, 9.17) is 4.98 Å². The van der Waals surface area contributed by atoms with Gasteiger partial charge in [-0.05, 0) is 13.0 Å². The van der Waals surface area contributed by atoms with E-state index in [-0.39, 0.29) is 0 Å². The van der Waals surface area contributed by atoms with Gasteiger partial charge in [0.05, 0.1) is 17.6 Å². The van der Waals surface area contributed by atoms with Gasteiger partial charge < -0.3 is 10.2 Å². The lowest BCUT2D eigenvalue weighted by Crippen LogP contribution is -2.26. The van der Waals surface area contributed by atoms with E-state index in [0.29, 0.717) is 11.8 Å². The normalized spacial score (nSPS) is 12.8. The number of nitrogens with zero attached hydrogens (tertiary/aromatic N) is 3. The Morgan fingerprint density at radius 3 is 2.53 bits per heavy atom. The maximum atomic E-state index is 4.70. The minimum absolute atomic E-state index is 0.365. The van der Waals surface area contributed by atoms with Gasteiger partial charge in [-0.2, -0.15) is 0 Å². The second-order valence-electron chi connectivity index (χ2n) is 5.64. The fourth-order valence-corrected chi connectivity index (χ4v) is 2.02. The Kier molecular flexibility index (Phi) is 6.22. The summed E-state index contributed by atoms with van der Waals surface area (Å²) in [6, 6.07) is 0. The molecule has 108 valence electrons. The molecule has 0 bridgehead atoms. The van der Waals surface area contributed by atoms with Crippen molar-refractivity contribution in [1.82, 2.24) is 15.3 Å². The molecule has 0 aromatic carbocycles. The van der Waals surface area contributed by atoms with Gasteiger partial charge in [-0.25, -0.2) is 9.97 Å². The van der Waals surface area contributed by atoms with Gasteiger partial charge in [0.1, 0.15) is 5.82 Å². The molecule has 1 aromatic rings. The summed E-state index contributed by atoms with van der Waals surface area (Å²) in [6.45, 7) is 10.6. The lowest BCUT2D eigenvalue weighted by molar-refractivity contribution is 0.557. The third-order valence-corrected chi connectivity index (χ3v) is 3.42. The van der Waals surface area contributed by atoms with E-state index in [2.05, 4.69) is 49.9 Å². The van der Waals surface area contributed by atoms with Crippen LogP contribution >= 0.6 is 0 Å². The van der Waals surface area contributed by atoms with Gasteiger partial charge in [-0.1, -0.05) is 34.1 Å². The van der Waals surface area contributed by atoms with Crippen LogP contribution in [0.15, 0.2) is 6.20 Å². The minimum Gasteiger partial charge on any atom is -0.372 e. The highest BCUT2D eigenvalue weighted by Crippen LogP contribution is 2.20. The molecule has 1 rings (SSSR count). The quantitative estimate of drug-likeness (QED) is 0.822. The monoisotopic (exact) mass is 264 g/mol. The summed E-state index contributed by atoms with van der Waals surface area (Å²) in [5.41, 5.74) is 2.23. The zero-order chi connectivity index (χ0) is 14.4. The molecule has 1 N–H and O–H groups in total. The molecule has 0 radical (unpaired) electrons. The molecule has 0 saturated heterocycles. The Morgan fingerprint density at radius 1 is 1.32 bits per heavy atom. The predicted octanol–water partition coefficient (Wildman–Crippen LogP) is 2.80. The van der Waals surface area contributed by atoms with E-state index >= 15 is 0 Å². The van der Waals surface area contributed by atoms with Gasteiger partial charge in [-0.15, -0.1) is 0 Å². The van der Waals surface area contributed by atoms with E-state index in [1.165, 1.54) is 6.42 Å². The Balaban J connectivity index is 2.98. The third-order valence-electron chi connectivity index (χ3n) is 3.42. The molecule has 0 aliphatic heterocycles. The van der Waals surface area contributed by atoms with Crippen LogP contribution in [-0.2, 0) is 6.54 Å². The summed E-state index contributed by atoms with van der Waals surface area (Å²) in [5, 5.41) is 3.20. The van der Waals surface area contributed by atoms with E-state index in [9.17, 15) is 0 Å². The highest BCUT2D eigenvalue weighted by atomic mass is 15.1. The smallest absolute Gasteiger partial charge is 0.131 e. The number of rotatable bonds is 7. The molecular weight excluding hydrogens is 236 g/mol. The molecule has 0 aliphatic rings. The fourth-order valence-electron chi connectivity index (χ4n) is 2.02. The van der Waals surface area contributed by atoms with Crippen molar-refractivity contribution in [2.75, 3.05) is 25.5 Å². The van der Waals surface area contributed by atoms with Crippen molar-refractivity contribution in [2.45, 2.75) is 46.6 Å². The molecule has 0 saturated carbocycles. The van der Waals surface area contributed by atoms with Crippen LogP contribution in [0.5, 0.6) is 0 Å². The first-order valence-electron chi connectivity index (χ1n) is 7.21. The molecule has 4 heteroatoms. The summed E-state index contributed by atoms with van der Waals surface area (Å²) in [7, 11) is 4.08. The van der Waals surface area contributed by atoms with Crippen molar-refractivity contribution in [1.29, 1.82) is 0 Å². The van der Waals surface area contributed by atoms with E-state index in [0.717, 1.165) is 30.3 Å². The first kappa shape index (κ1) is 15.9. The Morgan fingerprint density at radius 2 is 2.00 bits per heavy atom. The van der Waals surface area contributed by atoms with Crippen LogP contribution in [0.1, 0.15) is 51.6 Å². The van der Waals surface area contributed by atoms with Gasteiger partial charge >= 0.3 is 0 Å². The van der Waals surface area contributed by atoms with Crippen molar-refractivity contribution < 1.29 is 0 Å². The van der Waals surface area contributed by atoms with Gasteiger partial charge in [-0.3, -0.25) is 0 Å². The van der Waals surface area contributed by atoms with Crippen molar-refractivity contribution >= 4 is 5.69 Å². The molecule has 1 heterocycles. The molecule has 19 heavy (non-hydrogen) atoms. The first-order valence-corrected chi connectivity index (χ1v) is 7.21. The molecular formula is C15H28N4.